The highest BCUT2D eigenvalue weighted by Gasteiger charge is 2.13. The number of benzene rings is 2. The fourth-order valence-electron chi connectivity index (χ4n) is 1.90. The Morgan fingerprint density at radius 2 is 1.85 bits per heavy atom. The van der Waals surface area contributed by atoms with Crippen LogP contribution in [0.2, 0.25) is 5.02 Å². The number of amides is 2. The van der Waals surface area contributed by atoms with Gasteiger partial charge in [-0.05, 0) is 48.9 Å². The minimum absolute atomic E-state index is 0.271. The van der Waals surface area contributed by atoms with Crippen molar-refractivity contribution in [2.24, 2.45) is 5.10 Å². The molecule has 2 aromatic carbocycles. The summed E-state index contributed by atoms with van der Waals surface area (Å²) in [5.41, 5.74) is 3.50. The van der Waals surface area contributed by atoms with Crippen LogP contribution in [-0.4, -0.2) is 30.6 Å². The first-order chi connectivity index (χ1) is 12.5. The number of hydrogen-bond donors (Lipinski definition) is 2. The summed E-state index contributed by atoms with van der Waals surface area (Å²) in [4.78, 5) is 35.1. The molecule has 134 valence electrons. The van der Waals surface area contributed by atoms with Crippen molar-refractivity contribution in [3.63, 3.8) is 0 Å². The summed E-state index contributed by atoms with van der Waals surface area (Å²) in [6.07, 6.45) is 1.37. The van der Waals surface area contributed by atoms with Gasteiger partial charge in [0.1, 0.15) is 0 Å². The molecule has 0 heterocycles. The molecule has 7 nitrogen and oxygen atoms in total. The molecular formula is C18H16ClN3O4. The minimum atomic E-state index is -0.933. The number of hydrazone groups is 1. The number of halogens is 1. The molecule has 0 aromatic heterocycles. The molecule has 0 aliphatic rings. The Labute approximate surface area is 155 Å². The topological polar surface area (TPSA) is 96.9 Å². The lowest BCUT2D eigenvalue weighted by Crippen LogP contribution is -2.32. The third-order valence-corrected chi connectivity index (χ3v) is 3.32. The second kappa shape index (κ2) is 9.33. The van der Waals surface area contributed by atoms with E-state index in [1.165, 1.54) is 30.5 Å². The van der Waals surface area contributed by atoms with Gasteiger partial charge in [0.15, 0.2) is 0 Å². The van der Waals surface area contributed by atoms with E-state index in [1.54, 1.807) is 31.2 Å². The minimum Gasteiger partial charge on any atom is -0.462 e. The van der Waals surface area contributed by atoms with E-state index in [4.69, 9.17) is 16.3 Å². The lowest BCUT2D eigenvalue weighted by atomic mass is 10.2. The molecule has 0 saturated heterocycles. The van der Waals surface area contributed by atoms with E-state index in [2.05, 4.69) is 15.8 Å². The zero-order valence-electron chi connectivity index (χ0n) is 13.9. The van der Waals surface area contributed by atoms with Crippen molar-refractivity contribution in [2.45, 2.75) is 6.92 Å². The first kappa shape index (κ1) is 19.1. The van der Waals surface area contributed by atoms with Crippen molar-refractivity contribution in [1.82, 2.24) is 5.43 Å². The third kappa shape index (κ3) is 5.71. The normalized spacial score (nSPS) is 10.4. The SMILES string of the molecule is CCOC(=O)c1ccc(NC(=O)C(=O)N/N=C\c2cccc(Cl)c2)cc1. The van der Waals surface area contributed by atoms with Crippen LogP contribution in [0.1, 0.15) is 22.8 Å². The Kier molecular flexibility index (Phi) is 6.87. The molecule has 26 heavy (non-hydrogen) atoms. The van der Waals surface area contributed by atoms with E-state index in [0.29, 0.717) is 21.8 Å². The van der Waals surface area contributed by atoms with E-state index in [9.17, 15) is 14.4 Å². The largest absolute Gasteiger partial charge is 0.462 e. The molecule has 2 aromatic rings. The molecular weight excluding hydrogens is 358 g/mol. The molecule has 0 saturated carbocycles. The predicted octanol–water partition coefficient (Wildman–Crippen LogP) is 2.61. The Hall–Kier alpha value is -3.19. The summed E-state index contributed by atoms with van der Waals surface area (Å²) in [5.74, 6) is -2.28. The number of carbonyl (C=O) groups is 3. The van der Waals surface area contributed by atoms with Gasteiger partial charge in [-0.15, -0.1) is 0 Å². The van der Waals surface area contributed by atoms with Crippen LogP contribution >= 0.6 is 11.6 Å². The zero-order valence-corrected chi connectivity index (χ0v) is 14.6. The quantitative estimate of drug-likeness (QED) is 0.364. The Bertz CT molecular complexity index is 835. The average Bonchev–Trinajstić information content (AvgIpc) is 2.62. The lowest BCUT2D eigenvalue weighted by molar-refractivity contribution is -0.136. The van der Waals surface area contributed by atoms with E-state index in [1.807, 2.05) is 0 Å². The highest BCUT2D eigenvalue weighted by atomic mass is 35.5. The molecule has 0 atom stereocenters. The van der Waals surface area contributed by atoms with Crippen molar-refractivity contribution < 1.29 is 19.1 Å². The van der Waals surface area contributed by atoms with Gasteiger partial charge in [0.2, 0.25) is 0 Å². The summed E-state index contributed by atoms with van der Waals surface area (Å²) < 4.78 is 4.86. The number of ether oxygens (including phenoxy) is 1. The summed E-state index contributed by atoms with van der Waals surface area (Å²) in [6.45, 7) is 1.98. The number of rotatable bonds is 5. The highest BCUT2D eigenvalue weighted by molar-refractivity contribution is 6.39. The summed E-state index contributed by atoms with van der Waals surface area (Å²) in [6, 6.07) is 12.8. The molecule has 0 fully saturated rings. The van der Waals surface area contributed by atoms with Gasteiger partial charge in [-0.2, -0.15) is 5.10 Å². The van der Waals surface area contributed by atoms with Crippen LogP contribution in [-0.2, 0) is 14.3 Å². The van der Waals surface area contributed by atoms with Gasteiger partial charge in [0.25, 0.3) is 0 Å². The van der Waals surface area contributed by atoms with E-state index >= 15 is 0 Å². The van der Waals surface area contributed by atoms with Gasteiger partial charge in [0, 0.05) is 10.7 Å². The molecule has 2 rings (SSSR count). The second-order valence-corrected chi connectivity index (χ2v) is 5.44. The van der Waals surface area contributed by atoms with E-state index < -0.39 is 17.8 Å². The molecule has 0 unspecified atom stereocenters. The van der Waals surface area contributed by atoms with Crippen molar-refractivity contribution in [3.05, 3.63) is 64.7 Å². The second-order valence-electron chi connectivity index (χ2n) is 5.01. The van der Waals surface area contributed by atoms with Gasteiger partial charge in [-0.1, -0.05) is 23.7 Å². The molecule has 8 heteroatoms. The van der Waals surface area contributed by atoms with Crippen molar-refractivity contribution in [3.8, 4) is 0 Å². The fourth-order valence-corrected chi connectivity index (χ4v) is 2.09. The van der Waals surface area contributed by atoms with E-state index in [0.717, 1.165) is 0 Å². The third-order valence-electron chi connectivity index (χ3n) is 3.09. The first-order valence-corrected chi connectivity index (χ1v) is 8.04. The van der Waals surface area contributed by atoms with Crippen molar-refractivity contribution in [1.29, 1.82) is 0 Å². The zero-order chi connectivity index (χ0) is 18.9. The smallest absolute Gasteiger partial charge is 0.338 e. The van der Waals surface area contributed by atoms with Crippen LogP contribution in [0.15, 0.2) is 53.6 Å². The Balaban J connectivity index is 1.88. The predicted molar refractivity (Wildman–Crippen MR) is 98.2 cm³/mol. The van der Waals surface area contributed by atoms with Gasteiger partial charge in [-0.25, -0.2) is 10.2 Å². The van der Waals surface area contributed by atoms with Gasteiger partial charge in [0.05, 0.1) is 18.4 Å². The Morgan fingerprint density at radius 1 is 1.12 bits per heavy atom. The van der Waals surface area contributed by atoms with Crippen LogP contribution in [0.25, 0.3) is 0 Å². The van der Waals surface area contributed by atoms with Gasteiger partial charge >= 0.3 is 17.8 Å². The molecule has 0 aliphatic carbocycles. The van der Waals surface area contributed by atoms with Crippen LogP contribution in [0.3, 0.4) is 0 Å². The first-order valence-electron chi connectivity index (χ1n) is 7.66. The van der Waals surface area contributed by atoms with Crippen LogP contribution in [0, 0.1) is 0 Å². The summed E-state index contributed by atoms with van der Waals surface area (Å²) >= 11 is 5.83. The number of hydrogen-bond acceptors (Lipinski definition) is 5. The Morgan fingerprint density at radius 3 is 2.50 bits per heavy atom. The van der Waals surface area contributed by atoms with Crippen molar-refractivity contribution >= 4 is 41.3 Å². The van der Waals surface area contributed by atoms with Gasteiger partial charge in [-0.3, -0.25) is 9.59 Å². The van der Waals surface area contributed by atoms with E-state index in [-0.39, 0.29) is 6.61 Å². The average molecular weight is 374 g/mol. The number of anilines is 1. The molecule has 0 aliphatic heterocycles. The number of esters is 1. The maximum absolute atomic E-state index is 11.8. The standard InChI is InChI=1S/C18H16ClN3O4/c1-2-26-18(25)13-6-8-15(9-7-13)21-16(23)17(24)22-20-11-12-4-3-5-14(19)10-12/h3-11H,2H2,1H3,(H,21,23)(H,22,24)/b20-11-. The number of nitrogens with zero attached hydrogens (tertiary/aromatic N) is 1. The molecule has 0 radical (unpaired) electrons. The fraction of sp³-hybridized carbons (Fsp3) is 0.111. The number of nitrogens with one attached hydrogen (secondary N) is 2. The van der Waals surface area contributed by atoms with Crippen molar-refractivity contribution in [2.75, 3.05) is 11.9 Å². The highest BCUT2D eigenvalue weighted by Crippen LogP contribution is 2.11. The van der Waals surface area contributed by atoms with Gasteiger partial charge < -0.3 is 10.1 Å². The van der Waals surface area contributed by atoms with Crippen LogP contribution < -0.4 is 10.7 Å². The van der Waals surface area contributed by atoms with Crippen LogP contribution in [0.4, 0.5) is 5.69 Å². The molecule has 2 amide bonds. The molecule has 0 spiro atoms. The molecule has 2 N–H and O–H groups in total. The number of carbonyl (C=O) groups excluding carboxylic acids is 3. The van der Waals surface area contributed by atoms with Crippen LogP contribution in [0.5, 0.6) is 0 Å². The maximum atomic E-state index is 11.8. The lowest BCUT2D eigenvalue weighted by Gasteiger charge is -2.05. The summed E-state index contributed by atoms with van der Waals surface area (Å²) in [5, 5.41) is 6.63. The monoisotopic (exact) mass is 373 g/mol. The molecule has 0 bridgehead atoms. The maximum Gasteiger partial charge on any atom is 0.338 e. The summed E-state index contributed by atoms with van der Waals surface area (Å²) in [7, 11) is 0.